The zero-order chi connectivity index (χ0) is 13.2. The molecule has 0 spiro atoms. The molecule has 3 nitrogen and oxygen atoms in total. The van der Waals surface area contributed by atoms with Crippen LogP contribution in [0.15, 0.2) is 24.3 Å². The summed E-state index contributed by atoms with van der Waals surface area (Å²) < 4.78 is 5.73. The van der Waals surface area contributed by atoms with E-state index in [-0.39, 0.29) is 11.6 Å². The number of ether oxygens (including phenoxy) is 1. The zero-order valence-electron chi connectivity index (χ0n) is 11.6. The fourth-order valence-electron chi connectivity index (χ4n) is 2.90. The Morgan fingerprint density at radius 2 is 2.17 bits per heavy atom. The number of rotatable bonds is 4. The maximum atomic E-state index is 6.03. The Kier molecular flexibility index (Phi) is 4.05. The lowest BCUT2D eigenvalue weighted by atomic mass is 9.89. The summed E-state index contributed by atoms with van der Waals surface area (Å²) in [5.41, 5.74) is 8.72. The van der Waals surface area contributed by atoms with Gasteiger partial charge in [-0.15, -0.1) is 0 Å². The van der Waals surface area contributed by atoms with Gasteiger partial charge in [0, 0.05) is 19.7 Å². The molecule has 1 fully saturated rings. The maximum absolute atomic E-state index is 6.03. The lowest BCUT2D eigenvalue weighted by molar-refractivity contribution is 0.0244. The molecular weight excluding hydrogens is 224 g/mol. The third kappa shape index (κ3) is 2.30. The molecule has 2 atom stereocenters. The van der Waals surface area contributed by atoms with Crippen LogP contribution in [0.25, 0.3) is 0 Å². The monoisotopic (exact) mass is 248 g/mol. The fraction of sp³-hybridized carbons (Fsp3) is 0.600. The first-order chi connectivity index (χ1) is 8.60. The maximum Gasteiger partial charge on any atom is 0.0743 e. The molecule has 2 unspecified atom stereocenters. The molecule has 1 aromatic rings. The molecule has 3 heteroatoms. The SMILES string of the molecule is Cc1ccccc1CN(C)C1(CN)CCOC1C. The summed E-state index contributed by atoms with van der Waals surface area (Å²) in [6, 6.07) is 8.53. The number of nitrogens with two attached hydrogens (primary N) is 1. The number of likely N-dealkylation sites (N-methyl/N-ethyl adjacent to an activating group) is 1. The predicted molar refractivity (Wildman–Crippen MR) is 74.5 cm³/mol. The molecule has 100 valence electrons. The summed E-state index contributed by atoms with van der Waals surface area (Å²) in [6.07, 6.45) is 1.23. The fourth-order valence-corrected chi connectivity index (χ4v) is 2.90. The van der Waals surface area contributed by atoms with Gasteiger partial charge in [-0.1, -0.05) is 24.3 Å². The van der Waals surface area contributed by atoms with E-state index in [9.17, 15) is 0 Å². The van der Waals surface area contributed by atoms with Crippen LogP contribution in [0, 0.1) is 6.92 Å². The van der Waals surface area contributed by atoms with Crippen LogP contribution in [0.4, 0.5) is 0 Å². The third-order valence-electron chi connectivity index (χ3n) is 4.44. The second-order valence-corrected chi connectivity index (χ2v) is 5.35. The Morgan fingerprint density at radius 1 is 1.44 bits per heavy atom. The molecule has 18 heavy (non-hydrogen) atoms. The minimum absolute atomic E-state index is 0.0116. The normalized spacial score (nSPS) is 27.9. The molecule has 1 aliphatic rings. The zero-order valence-corrected chi connectivity index (χ0v) is 11.6. The topological polar surface area (TPSA) is 38.5 Å². The van der Waals surface area contributed by atoms with E-state index in [1.807, 2.05) is 0 Å². The van der Waals surface area contributed by atoms with Crippen molar-refractivity contribution in [2.45, 2.75) is 38.5 Å². The van der Waals surface area contributed by atoms with Crippen molar-refractivity contribution in [3.8, 4) is 0 Å². The highest BCUT2D eigenvalue weighted by molar-refractivity contribution is 5.25. The molecule has 0 radical (unpaired) electrons. The van der Waals surface area contributed by atoms with E-state index in [4.69, 9.17) is 10.5 Å². The Hall–Kier alpha value is -0.900. The van der Waals surface area contributed by atoms with Crippen molar-refractivity contribution in [1.29, 1.82) is 0 Å². The minimum atomic E-state index is -0.0116. The van der Waals surface area contributed by atoms with E-state index >= 15 is 0 Å². The average molecular weight is 248 g/mol. The van der Waals surface area contributed by atoms with E-state index in [2.05, 4.69) is 50.1 Å². The molecule has 2 N–H and O–H groups in total. The third-order valence-corrected chi connectivity index (χ3v) is 4.44. The van der Waals surface area contributed by atoms with Gasteiger partial charge in [0.15, 0.2) is 0 Å². The van der Waals surface area contributed by atoms with Crippen LogP contribution in [0.5, 0.6) is 0 Å². The van der Waals surface area contributed by atoms with Gasteiger partial charge in [0.2, 0.25) is 0 Å². The van der Waals surface area contributed by atoms with Gasteiger partial charge in [0.25, 0.3) is 0 Å². The molecule has 1 heterocycles. The largest absolute Gasteiger partial charge is 0.376 e. The summed E-state index contributed by atoms with van der Waals surface area (Å²) in [7, 11) is 2.16. The first-order valence-corrected chi connectivity index (χ1v) is 6.67. The van der Waals surface area contributed by atoms with Gasteiger partial charge < -0.3 is 10.5 Å². The highest BCUT2D eigenvalue weighted by Crippen LogP contribution is 2.31. The molecule has 0 aromatic heterocycles. The van der Waals surface area contributed by atoms with Crippen LogP contribution in [-0.2, 0) is 11.3 Å². The van der Waals surface area contributed by atoms with Gasteiger partial charge in [0.1, 0.15) is 0 Å². The molecule has 0 bridgehead atoms. The summed E-state index contributed by atoms with van der Waals surface area (Å²) in [5.74, 6) is 0. The summed E-state index contributed by atoms with van der Waals surface area (Å²) in [4.78, 5) is 2.37. The minimum Gasteiger partial charge on any atom is -0.376 e. The first kappa shape index (κ1) is 13.5. The van der Waals surface area contributed by atoms with Crippen LogP contribution in [-0.4, -0.2) is 36.7 Å². The van der Waals surface area contributed by atoms with Crippen molar-refractivity contribution in [1.82, 2.24) is 4.90 Å². The predicted octanol–water partition coefficient (Wildman–Crippen LogP) is 1.93. The highest BCUT2D eigenvalue weighted by Gasteiger charge is 2.43. The van der Waals surface area contributed by atoms with E-state index in [1.165, 1.54) is 11.1 Å². The quantitative estimate of drug-likeness (QED) is 0.885. The van der Waals surface area contributed by atoms with Crippen molar-refractivity contribution >= 4 is 0 Å². The van der Waals surface area contributed by atoms with Crippen LogP contribution in [0.3, 0.4) is 0 Å². The van der Waals surface area contributed by atoms with Crippen molar-refractivity contribution < 1.29 is 4.74 Å². The van der Waals surface area contributed by atoms with E-state index in [0.717, 1.165) is 19.6 Å². The van der Waals surface area contributed by atoms with Gasteiger partial charge in [-0.2, -0.15) is 0 Å². The van der Waals surface area contributed by atoms with E-state index in [0.29, 0.717) is 6.54 Å². The van der Waals surface area contributed by atoms with Crippen LogP contribution < -0.4 is 5.73 Å². The Balaban J connectivity index is 2.16. The van der Waals surface area contributed by atoms with E-state index in [1.54, 1.807) is 0 Å². The standard InChI is InChI=1S/C15H24N2O/c1-12-6-4-5-7-14(12)10-17(3)15(11-16)8-9-18-13(15)2/h4-7,13H,8-11,16H2,1-3H3. The highest BCUT2D eigenvalue weighted by atomic mass is 16.5. The Bertz CT molecular complexity index is 407. The van der Waals surface area contributed by atoms with Crippen molar-refractivity contribution in [3.63, 3.8) is 0 Å². The number of nitrogens with zero attached hydrogens (tertiary/aromatic N) is 1. The van der Waals surface area contributed by atoms with E-state index < -0.39 is 0 Å². The van der Waals surface area contributed by atoms with Crippen molar-refractivity contribution in [2.24, 2.45) is 5.73 Å². The molecule has 0 saturated carbocycles. The van der Waals surface area contributed by atoms with Gasteiger partial charge >= 0.3 is 0 Å². The number of aryl methyl sites for hydroxylation is 1. The second kappa shape index (κ2) is 5.39. The van der Waals surface area contributed by atoms with Crippen LogP contribution in [0.1, 0.15) is 24.5 Å². The number of hydrogen-bond donors (Lipinski definition) is 1. The lowest BCUT2D eigenvalue weighted by Crippen LogP contribution is -2.56. The first-order valence-electron chi connectivity index (χ1n) is 6.67. The average Bonchev–Trinajstić information content (AvgIpc) is 2.74. The number of benzene rings is 1. The smallest absolute Gasteiger partial charge is 0.0743 e. The molecule has 1 saturated heterocycles. The summed E-state index contributed by atoms with van der Waals surface area (Å²) >= 11 is 0. The number of hydrogen-bond acceptors (Lipinski definition) is 3. The Morgan fingerprint density at radius 3 is 2.72 bits per heavy atom. The van der Waals surface area contributed by atoms with Gasteiger partial charge in [-0.05, 0) is 38.4 Å². The van der Waals surface area contributed by atoms with Crippen LogP contribution in [0.2, 0.25) is 0 Å². The molecule has 0 aliphatic carbocycles. The summed E-state index contributed by atoms with van der Waals surface area (Å²) in [5, 5.41) is 0. The molecule has 1 aliphatic heterocycles. The van der Waals surface area contributed by atoms with Crippen molar-refractivity contribution in [2.75, 3.05) is 20.2 Å². The Labute approximate surface area is 110 Å². The molecule has 0 amide bonds. The lowest BCUT2D eigenvalue weighted by Gasteiger charge is -2.40. The van der Waals surface area contributed by atoms with Crippen molar-refractivity contribution in [3.05, 3.63) is 35.4 Å². The van der Waals surface area contributed by atoms with Gasteiger partial charge in [-0.25, -0.2) is 0 Å². The van der Waals surface area contributed by atoms with Crippen LogP contribution >= 0.6 is 0 Å². The van der Waals surface area contributed by atoms with Gasteiger partial charge in [0.05, 0.1) is 11.6 Å². The molecule has 1 aromatic carbocycles. The molecule has 2 rings (SSSR count). The molecular formula is C15H24N2O. The van der Waals surface area contributed by atoms with Gasteiger partial charge in [-0.3, -0.25) is 4.90 Å². The summed E-state index contributed by atoms with van der Waals surface area (Å²) in [6.45, 7) is 6.69. The second-order valence-electron chi connectivity index (χ2n) is 5.35.